The fourth-order valence-corrected chi connectivity index (χ4v) is 2.33. The number of aliphatic hydroxyl groups is 1. The molecule has 1 aliphatic heterocycles. The van der Waals surface area contributed by atoms with E-state index in [-0.39, 0.29) is 18.6 Å². The first kappa shape index (κ1) is 15.8. The Morgan fingerprint density at radius 2 is 2.11 bits per heavy atom. The average molecular weight is 272 g/mol. The van der Waals surface area contributed by atoms with Crippen molar-refractivity contribution in [2.75, 3.05) is 13.1 Å². The lowest BCUT2D eigenvalue weighted by atomic mass is 9.98. The second-order valence-corrected chi connectivity index (χ2v) is 5.37. The first-order valence-corrected chi connectivity index (χ1v) is 6.88. The zero-order valence-electron chi connectivity index (χ0n) is 11.7. The number of rotatable bonds is 5. The SMILES string of the molecule is CCCC1CCCCN1C(=O)NCC(C)(O)C(=O)O. The second-order valence-electron chi connectivity index (χ2n) is 5.37. The third-order valence-electron chi connectivity index (χ3n) is 3.55. The van der Waals surface area contributed by atoms with E-state index in [1.54, 1.807) is 4.90 Å². The molecule has 0 bridgehead atoms. The molecule has 19 heavy (non-hydrogen) atoms. The Balaban J connectivity index is 2.53. The normalized spacial score (nSPS) is 22.7. The number of hydrogen-bond acceptors (Lipinski definition) is 3. The molecular formula is C13H24N2O4. The first-order valence-electron chi connectivity index (χ1n) is 6.88. The molecule has 6 nitrogen and oxygen atoms in total. The summed E-state index contributed by atoms with van der Waals surface area (Å²) in [5.74, 6) is -1.34. The predicted molar refractivity (Wildman–Crippen MR) is 70.9 cm³/mol. The van der Waals surface area contributed by atoms with Crippen molar-refractivity contribution in [2.45, 2.75) is 57.6 Å². The lowest BCUT2D eigenvalue weighted by Crippen LogP contribution is -2.53. The molecule has 1 saturated heterocycles. The minimum Gasteiger partial charge on any atom is -0.479 e. The van der Waals surface area contributed by atoms with Gasteiger partial charge in [0, 0.05) is 12.6 Å². The molecule has 0 aromatic rings. The fourth-order valence-electron chi connectivity index (χ4n) is 2.33. The molecule has 1 heterocycles. The first-order chi connectivity index (χ1) is 8.88. The Bertz CT molecular complexity index is 329. The van der Waals surface area contributed by atoms with Crippen LogP contribution in [0.3, 0.4) is 0 Å². The van der Waals surface area contributed by atoms with Gasteiger partial charge in [-0.05, 0) is 32.6 Å². The maximum Gasteiger partial charge on any atom is 0.337 e. The number of nitrogens with zero attached hydrogens (tertiary/aromatic N) is 1. The summed E-state index contributed by atoms with van der Waals surface area (Å²) < 4.78 is 0. The lowest BCUT2D eigenvalue weighted by Gasteiger charge is -2.36. The summed E-state index contributed by atoms with van der Waals surface area (Å²) in [5.41, 5.74) is -1.92. The number of amides is 2. The third kappa shape index (κ3) is 4.38. The van der Waals surface area contributed by atoms with Gasteiger partial charge in [-0.15, -0.1) is 0 Å². The second kappa shape index (κ2) is 6.75. The number of carboxylic acid groups (broad SMARTS) is 1. The summed E-state index contributed by atoms with van der Waals surface area (Å²) in [6, 6.07) is -0.0480. The molecule has 0 spiro atoms. The number of aliphatic carboxylic acids is 1. The largest absolute Gasteiger partial charge is 0.479 e. The molecule has 2 atom stereocenters. The van der Waals surface area contributed by atoms with Crippen LogP contribution in [0.25, 0.3) is 0 Å². The number of carbonyl (C=O) groups excluding carboxylic acids is 1. The Morgan fingerprint density at radius 1 is 1.42 bits per heavy atom. The van der Waals surface area contributed by atoms with Gasteiger partial charge in [-0.2, -0.15) is 0 Å². The molecule has 1 aliphatic rings. The number of likely N-dealkylation sites (tertiary alicyclic amines) is 1. The van der Waals surface area contributed by atoms with Gasteiger partial charge in [-0.3, -0.25) is 0 Å². The molecule has 6 heteroatoms. The summed E-state index contributed by atoms with van der Waals surface area (Å²) in [4.78, 5) is 24.6. The summed E-state index contributed by atoms with van der Waals surface area (Å²) in [6.45, 7) is 3.68. The van der Waals surface area contributed by atoms with E-state index >= 15 is 0 Å². The van der Waals surface area contributed by atoms with Crippen molar-refractivity contribution in [3.63, 3.8) is 0 Å². The Hall–Kier alpha value is -1.30. The molecular weight excluding hydrogens is 248 g/mol. The molecule has 2 unspecified atom stereocenters. The van der Waals surface area contributed by atoms with Crippen LogP contribution in [0.1, 0.15) is 46.0 Å². The molecule has 0 aliphatic carbocycles. The van der Waals surface area contributed by atoms with E-state index in [0.29, 0.717) is 6.54 Å². The molecule has 0 aromatic heterocycles. The van der Waals surface area contributed by atoms with Crippen molar-refractivity contribution in [3.8, 4) is 0 Å². The van der Waals surface area contributed by atoms with Gasteiger partial charge in [-0.25, -0.2) is 9.59 Å². The maximum absolute atomic E-state index is 12.1. The van der Waals surface area contributed by atoms with Crippen molar-refractivity contribution in [1.82, 2.24) is 10.2 Å². The highest BCUT2D eigenvalue weighted by atomic mass is 16.4. The van der Waals surface area contributed by atoms with Crippen LogP contribution < -0.4 is 5.32 Å². The highest BCUT2D eigenvalue weighted by Gasteiger charge is 2.32. The van der Waals surface area contributed by atoms with E-state index in [4.69, 9.17) is 5.11 Å². The monoisotopic (exact) mass is 272 g/mol. The third-order valence-corrected chi connectivity index (χ3v) is 3.55. The van der Waals surface area contributed by atoms with E-state index in [0.717, 1.165) is 32.1 Å². The zero-order chi connectivity index (χ0) is 14.5. The number of nitrogens with one attached hydrogen (secondary N) is 1. The number of piperidine rings is 1. The summed E-state index contributed by atoms with van der Waals surface area (Å²) in [5, 5.41) is 20.9. The topological polar surface area (TPSA) is 89.9 Å². The van der Waals surface area contributed by atoms with Crippen LogP contribution in [0.4, 0.5) is 4.79 Å². The van der Waals surface area contributed by atoms with Crippen molar-refractivity contribution >= 4 is 12.0 Å². The van der Waals surface area contributed by atoms with Gasteiger partial charge in [0.1, 0.15) is 0 Å². The van der Waals surface area contributed by atoms with Crippen LogP contribution in [-0.4, -0.2) is 51.8 Å². The van der Waals surface area contributed by atoms with E-state index < -0.39 is 11.6 Å². The summed E-state index contributed by atoms with van der Waals surface area (Å²) in [6.07, 6.45) is 5.07. The van der Waals surface area contributed by atoms with E-state index in [9.17, 15) is 14.7 Å². The average Bonchev–Trinajstić information content (AvgIpc) is 2.37. The van der Waals surface area contributed by atoms with Gasteiger partial charge in [0.15, 0.2) is 5.60 Å². The van der Waals surface area contributed by atoms with Crippen molar-refractivity contribution in [3.05, 3.63) is 0 Å². The van der Waals surface area contributed by atoms with Crippen LogP contribution in [-0.2, 0) is 4.79 Å². The minimum absolute atomic E-state index is 0.230. The summed E-state index contributed by atoms with van der Waals surface area (Å²) >= 11 is 0. The summed E-state index contributed by atoms with van der Waals surface area (Å²) in [7, 11) is 0. The van der Waals surface area contributed by atoms with Crippen molar-refractivity contribution in [1.29, 1.82) is 0 Å². The molecule has 1 fully saturated rings. The van der Waals surface area contributed by atoms with Crippen LogP contribution in [0.5, 0.6) is 0 Å². The lowest BCUT2D eigenvalue weighted by molar-refractivity contribution is -0.155. The van der Waals surface area contributed by atoms with E-state index in [2.05, 4.69) is 12.2 Å². The Morgan fingerprint density at radius 3 is 2.68 bits per heavy atom. The van der Waals surface area contributed by atoms with Gasteiger partial charge in [0.25, 0.3) is 0 Å². The molecule has 1 rings (SSSR count). The number of urea groups is 1. The van der Waals surface area contributed by atoms with Crippen LogP contribution >= 0.6 is 0 Å². The molecule has 0 aromatic carbocycles. The van der Waals surface area contributed by atoms with E-state index in [1.165, 1.54) is 6.92 Å². The number of hydrogen-bond donors (Lipinski definition) is 3. The van der Waals surface area contributed by atoms with Gasteiger partial charge < -0.3 is 20.4 Å². The van der Waals surface area contributed by atoms with Crippen LogP contribution in [0, 0.1) is 0 Å². The molecule has 3 N–H and O–H groups in total. The van der Waals surface area contributed by atoms with Gasteiger partial charge in [-0.1, -0.05) is 13.3 Å². The number of carbonyl (C=O) groups is 2. The van der Waals surface area contributed by atoms with Crippen molar-refractivity contribution < 1.29 is 19.8 Å². The smallest absolute Gasteiger partial charge is 0.337 e. The molecule has 0 saturated carbocycles. The highest BCUT2D eigenvalue weighted by molar-refractivity contribution is 5.79. The van der Waals surface area contributed by atoms with Gasteiger partial charge in [0.2, 0.25) is 0 Å². The zero-order valence-corrected chi connectivity index (χ0v) is 11.7. The minimum atomic E-state index is -1.92. The molecule has 0 radical (unpaired) electrons. The van der Waals surface area contributed by atoms with Crippen LogP contribution in [0.2, 0.25) is 0 Å². The van der Waals surface area contributed by atoms with E-state index in [1.807, 2.05) is 0 Å². The predicted octanol–water partition coefficient (Wildman–Crippen LogP) is 1.19. The quantitative estimate of drug-likeness (QED) is 0.701. The van der Waals surface area contributed by atoms with Crippen LogP contribution in [0.15, 0.2) is 0 Å². The maximum atomic E-state index is 12.1. The Labute approximate surface area is 113 Å². The van der Waals surface area contributed by atoms with Gasteiger partial charge in [0.05, 0.1) is 6.54 Å². The molecule has 110 valence electrons. The number of carboxylic acids is 1. The van der Waals surface area contributed by atoms with Crippen molar-refractivity contribution in [2.24, 2.45) is 0 Å². The highest BCUT2D eigenvalue weighted by Crippen LogP contribution is 2.20. The Kier molecular flexibility index (Phi) is 5.60. The van der Waals surface area contributed by atoms with Gasteiger partial charge >= 0.3 is 12.0 Å². The standard InChI is InChI=1S/C13H24N2O4/c1-3-6-10-7-4-5-8-15(10)12(18)14-9-13(2,19)11(16)17/h10,19H,3-9H2,1-2H3,(H,14,18)(H,16,17). The fraction of sp³-hybridized carbons (Fsp3) is 0.846. The molecule has 2 amide bonds.